The van der Waals surface area contributed by atoms with Crippen molar-refractivity contribution in [3.8, 4) is 11.8 Å². The number of nitriles is 1. The van der Waals surface area contributed by atoms with Crippen molar-refractivity contribution in [1.82, 2.24) is 5.32 Å². The van der Waals surface area contributed by atoms with Crippen molar-refractivity contribution < 1.29 is 18.8 Å². The molecule has 0 aliphatic carbocycles. The first kappa shape index (κ1) is 20.4. The summed E-state index contributed by atoms with van der Waals surface area (Å²) in [5.41, 5.74) is 0.294. The number of amides is 1. The summed E-state index contributed by atoms with van der Waals surface area (Å²) in [4.78, 5) is 22.5. The number of carbonyl (C=O) groups excluding carboxylic acids is 1. The molecule has 0 saturated heterocycles. The summed E-state index contributed by atoms with van der Waals surface area (Å²) in [6.45, 7) is 0.320. The topological polar surface area (TPSA) is 117 Å². The van der Waals surface area contributed by atoms with E-state index >= 15 is 0 Å². The fraction of sp³-hybridized carbons (Fsp3) is 0.158. The molecule has 1 amide bonds. The molecule has 0 spiro atoms. The summed E-state index contributed by atoms with van der Waals surface area (Å²) >= 11 is 0. The van der Waals surface area contributed by atoms with E-state index in [0.717, 1.165) is 6.07 Å². The van der Waals surface area contributed by atoms with Gasteiger partial charge in [0.2, 0.25) is 0 Å². The second-order valence-electron chi connectivity index (χ2n) is 5.56. The molecule has 0 aliphatic heterocycles. The number of nitro groups is 1. The molecular formula is C19H17FN4O4. The average Bonchev–Trinajstić information content (AvgIpc) is 2.69. The van der Waals surface area contributed by atoms with E-state index in [4.69, 9.17) is 4.74 Å². The lowest BCUT2D eigenvalue weighted by Crippen LogP contribution is -2.18. The van der Waals surface area contributed by atoms with Crippen LogP contribution in [0.2, 0.25) is 0 Å². The summed E-state index contributed by atoms with van der Waals surface area (Å²) in [5.74, 6) is -0.947. The second-order valence-corrected chi connectivity index (χ2v) is 5.56. The highest BCUT2D eigenvalue weighted by atomic mass is 19.1. The van der Waals surface area contributed by atoms with Crippen LogP contribution in [0, 0.1) is 27.3 Å². The molecule has 0 aliphatic rings. The molecule has 0 heterocycles. The van der Waals surface area contributed by atoms with Gasteiger partial charge in [-0.1, -0.05) is 18.2 Å². The Balaban J connectivity index is 2.01. The van der Waals surface area contributed by atoms with Gasteiger partial charge in [0.25, 0.3) is 11.6 Å². The summed E-state index contributed by atoms with van der Waals surface area (Å²) in [6, 6.07) is 11.8. The maximum Gasteiger partial charge on any atom is 0.273 e. The van der Waals surface area contributed by atoms with Gasteiger partial charge in [0.15, 0.2) is 0 Å². The zero-order valence-electron chi connectivity index (χ0n) is 14.9. The van der Waals surface area contributed by atoms with Crippen LogP contribution in [-0.4, -0.2) is 24.5 Å². The highest BCUT2D eigenvalue weighted by molar-refractivity contribution is 6.07. The van der Waals surface area contributed by atoms with Gasteiger partial charge in [-0.25, -0.2) is 4.39 Å². The van der Waals surface area contributed by atoms with Crippen LogP contribution in [0.25, 0.3) is 0 Å². The standard InChI is InChI=1S/C19H17FN4O4/c1-28-18-10-15(24(26)27)6-7-17(18)23-19(25)14(11-21)12-22-9-8-13-4-2-3-5-16(13)20/h2-7,10,12,22H,8-9H2,1H3,(H,23,25)/b14-12-. The maximum atomic E-state index is 13.5. The summed E-state index contributed by atoms with van der Waals surface area (Å²) in [7, 11) is 1.31. The van der Waals surface area contributed by atoms with Crippen LogP contribution in [0.3, 0.4) is 0 Å². The van der Waals surface area contributed by atoms with E-state index in [1.807, 2.05) is 0 Å². The van der Waals surface area contributed by atoms with Gasteiger partial charge >= 0.3 is 0 Å². The smallest absolute Gasteiger partial charge is 0.273 e. The fourth-order valence-electron chi connectivity index (χ4n) is 2.32. The predicted molar refractivity (Wildman–Crippen MR) is 100 cm³/mol. The highest BCUT2D eigenvalue weighted by Crippen LogP contribution is 2.29. The SMILES string of the molecule is COc1cc([N+](=O)[O-])ccc1NC(=O)/C(C#N)=C\NCCc1ccccc1F. The molecule has 0 unspecified atom stereocenters. The molecule has 2 rings (SSSR count). The van der Waals surface area contributed by atoms with Gasteiger partial charge in [0.1, 0.15) is 23.2 Å². The van der Waals surface area contributed by atoms with E-state index < -0.39 is 10.8 Å². The van der Waals surface area contributed by atoms with Gasteiger partial charge in [-0.15, -0.1) is 0 Å². The lowest BCUT2D eigenvalue weighted by atomic mass is 10.1. The molecule has 9 heteroatoms. The van der Waals surface area contributed by atoms with Crippen LogP contribution in [0.5, 0.6) is 5.75 Å². The minimum absolute atomic E-state index is 0.0901. The Labute approximate surface area is 160 Å². The average molecular weight is 384 g/mol. The first-order chi connectivity index (χ1) is 13.5. The Kier molecular flexibility index (Phi) is 7.05. The van der Waals surface area contributed by atoms with Crippen molar-refractivity contribution in [2.45, 2.75) is 6.42 Å². The van der Waals surface area contributed by atoms with E-state index in [-0.39, 0.29) is 28.5 Å². The molecule has 144 valence electrons. The lowest BCUT2D eigenvalue weighted by Gasteiger charge is -2.09. The van der Waals surface area contributed by atoms with Crippen LogP contribution in [0.15, 0.2) is 54.2 Å². The first-order valence-corrected chi connectivity index (χ1v) is 8.17. The van der Waals surface area contributed by atoms with Crippen LogP contribution in [0.4, 0.5) is 15.8 Å². The van der Waals surface area contributed by atoms with E-state index in [9.17, 15) is 24.6 Å². The number of nitrogens with zero attached hydrogens (tertiary/aromatic N) is 2. The van der Waals surface area contributed by atoms with E-state index in [2.05, 4.69) is 10.6 Å². The third kappa shape index (κ3) is 5.28. The van der Waals surface area contributed by atoms with Crippen molar-refractivity contribution in [1.29, 1.82) is 5.26 Å². The molecule has 0 aromatic heterocycles. The molecule has 0 atom stereocenters. The molecule has 0 fully saturated rings. The number of hydrogen-bond acceptors (Lipinski definition) is 6. The van der Waals surface area contributed by atoms with Crippen LogP contribution < -0.4 is 15.4 Å². The molecular weight excluding hydrogens is 367 g/mol. The zero-order valence-corrected chi connectivity index (χ0v) is 14.9. The number of benzene rings is 2. The number of ether oxygens (including phenoxy) is 1. The van der Waals surface area contributed by atoms with Gasteiger partial charge < -0.3 is 15.4 Å². The molecule has 0 radical (unpaired) electrons. The molecule has 2 aromatic carbocycles. The molecule has 28 heavy (non-hydrogen) atoms. The minimum Gasteiger partial charge on any atom is -0.494 e. The van der Waals surface area contributed by atoms with Gasteiger partial charge in [-0.2, -0.15) is 5.26 Å². The number of halogens is 1. The van der Waals surface area contributed by atoms with Crippen LogP contribution in [0.1, 0.15) is 5.56 Å². The van der Waals surface area contributed by atoms with Crippen LogP contribution >= 0.6 is 0 Å². The number of hydrogen-bond donors (Lipinski definition) is 2. The summed E-state index contributed by atoms with van der Waals surface area (Å²) in [6.07, 6.45) is 1.60. The van der Waals surface area contributed by atoms with Gasteiger partial charge in [-0.05, 0) is 24.1 Å². The molecule has 0 saturated carbocycles. The number of rotatable bonds is 8. The van der Waals surface area contributed by atoms with E-state index in [0.29, 0.717) is 18.5 Å². The number of carbonyl (C=O) groups is 1. The Morgan fingerprint density at radius 1 is 1.36 bits per heavy atom. The van der Waals surface area contributed by atoms with Gasteiger partial charge in [0.05, 0.1) is 23.8 Å². The molecule has 8 nitrogen and oxygen atoms in total. The third-order valence-electron chi connectivity index (χ3n) is 3.75. The minimum atomic E-state index is -0.715. The molecule has 0 bridgehead atoms. The Bertz CT molecular complexity index is 953. The maximum absolute atomic E-state index is 13.5. The monoisotopic (exact) mass is 384 g/mol. The first-order valence-electron chi connectivity index (χ1n) is 8.17. The predicted octanol–water partition coefficient (Wildman–Crippen LogP) is 2.92. The second kappa shape index (κ2) is 9.68. The Morgan fingerprint density at radius 3 is 2.75 bits per heavy atom. The largest absolute Gasteiger partial charge is 0.494 e. The summed E-state index contributed by atoms with van der Waals surface area (Å²) in [5, 5.41) is 25.3. The van der Waals surface area contributed by atoms with Crippen molar-refractivity contribution >= 4 is 17.3 Å². The number of non-ortho nitro benzene ring substituents is 1. The molecule has 2 N–H and O–H groups in total. The number of methoxy groups -OCH3 is 1. The van der Waals surface area contributed by atoms with E-state index in [1.165, 1.54) is 31.5 Å². The Hall–Kier alpha value is -3.93. The number of nitro benzene ring substituents is 1. The van der Waals surface area contributed by atoms with Crippen molar-refractivity contribution in [2.24, 2.45) is 0 Å². The lowest BCUT2D eigenvalue weighted by molar-refractivity contribution is -0.384. The Morgan fingerprint density at radius 2 is 2.11 bits per heavy atom. The highest BCUT2D eigenvalue weighted by Gasteiger charge is 2.15. The summed E-state index contributed by atoms with van der Waals surface area (Å²) < 4.78 is 18.6. The fourth-order valence-corrected chi connectivity index (χ4v) is 2.32. The number of nitrogens with one attached hydrogen (secondary N) is 2. The van der Waals surface area contributed by atoms with Crippen molar-refractivity contribution in [2.75, 3.05) is 19.0 Å². The quantitative estimate of drug-likeness (QED) is 0.238. The van der Waals surface area contributed by atoms with Gasteiger partial charge in [-0.3, -0.25) is 14.9 Å². The molecule has 2 aromatic rings. The van der Waals surface area contributed by atoms with Crippen LogP contribution in [-0.2, 0) is 11.2 Å². The van der Waals surface area contributed by atoms with E-state index in [1.54, 1.807) is 24.3 Å². The van der Waals surface area contributed by atoms with Crippen molar-refractivity contribution in [3.63, 3.8) is 0 Å². The normalized spacial score (nSPS) is 10.7. The zero-order chi connectivity index (χ0) is 20.5. The van der Waals surface area contributed by atoms with Crippen molar-refractivity contribution in [3.05, 3.63) is 75.7 Å². The van der Waals surface area contributed by atoms with Gasteiger partial charge in [0, 0.05) is 18.8 Å². The number of anilines is 1. The third-order valence-corrected chi connectivity index (χ3v) is 3.75.